The summed E-state index contributed by atoms with van der Waals surface area (Å²) in [4.78, 5) is 34.4. The van der Waals surface area contributed by atoms with E-state index in [1.165, 1.54) is 0 Å². The van der Waals surface area contributed by atoms with Crippen LogP contribution in [-0.2, 0) is 41.9 Å². The van der Waals surface area contributed by atoms with Crippen molar-refractivity contribution in [1.29, 1.82) is 0 Å². The third-order valence-corrected chi connectivity index (χ3v) is 22.1. The Morgan fingerprint density at radius 1 is 0.196 bits per heavy atom. The van der Waals surface area contributed by atoms with Gasteiger partial charge in [-0.05, 0) is 20.8 Å². The van der Waals surface area contributed by atoms with Gasteiger partial charge in [-0.25, -0.2) is 40.7 Å². The molecule has 0 N–H and O–H groups in total. The van der Waals surface area contributed by atoms with E-state index in [2.05, 4.69) is 47.2 Å². The summed E-state index contributed by atoms with van der Waals surface area (Å²) >= 11 is 0. The van der Waals surface area contributed by atoms with E-state index in [0.29, 0.717) is 0 Å². The standard InChI is InChI=1S/C62H45F71O9Si/c1-22(2)25(134)137-14-7-28(63,57(116,117)118)40(82,83)37(79,60(125,126)127)48(98,99)54(110,111)51(104,105)44(90,91)31(66,67)10-17-140-143(20-13-34(72,73)43(88,89)47(96,97)35(74,75)21-36(76,77)78,141-18-11-32(68,69)45(92,93)52(106,107)55(112,113)49(100,101)38(80,61(128,129)130)41(84,85)29(64,58(119,120)121)8-15-138-26(135)23(3)4)142-19-12-33(70,71)46(94,95)53(108,109)56(114,115)50(102,103)39(81,62(131,132)133)42(86,87)30(65,59(122,123)124)9-16-139-27(136)24(5)6/h1,3,5,7-21H2,2,4,6H3. The van der Waals surface area contributed by atoms with Gasteiger partial charge >= 0.3 is 217 Å². The molecule has 0 aromatic heterocycles. The van der Waals surface area contributed by atoms with Gasteiger partial charge in [0.2, 0.25) is 0 Å². The summed E-state index contributed by atoms with van der Waals surface area (Å²) in [5, 5.41) is 0. The second kappa shape index (κ2) is 39.3. The number of hydrogen-bond donors (Lipinski definition) is 0. The number of carbonyl (C=O) groups excluding carboxylic acids is 3. The van der Waals surface area contributed by atoms with Crippen LogP contribution in [0.2, 0.25) is 6.04 Å². The number of carbonyl (C=O) groups is 3. The highest BCUT2D eigenvalue weighted by Crippen LogP contribution is 2.74. The van der Waals surface area contributed by atoms with E-state index in [1.807, 2.05) is 0 Å². The molecule has 9 nitrogen and oxygen atoms in total. The molecule has 0 heterocycles. The number of esters is 3. The lowest BCUT2D eigenvalue weighted by molar-refractivity contribution is -0.471. The Morgan fingerprint density at radius 2 is 0.357 bits per heavy atom. The first-order valence-electron chi connectivity index (χ1n) is 34.8. The van der Waals surface area contributed by atoms with Crippen LogP contribution in [0.4, 0.5) is 312 Å². The molecule has 0 radical (unpaired) electrons. The molecule has 0 bridgehead atoms. The van der Waals surface area contributed by atoms with Gasteiger partial charge in [-0.15, -0.1) is 0 Å². The average Bonchev–Trinajstić information content (AvgIpc) is 0.678. The van der Waals surface area contributed by atoms with E-state index in [1.54, 1.807) is 0 Å². The average molecular weight is 2310 g/mol. The lowest BCUT2D eigenvalue weighted by atomic mass is 9.74. The fraction of sp³-hybridized carbons (Fsp3) is 0.855. The molecule has 6 unspecified atom stereocenters. The van der Waals surface area contributed by atoms with Gasteiger partial charge < -0.3 is 27.5 Å². The molecule has 0 spiro atoms. The molecular formula is C62H45F71O9Si. The molecule has 0 aliphatic rings. The number of alkyl halides is 71. The molecule has 0 saturated heterocycles. The molecule has 143 heavy (non-hydrogen) atoms. The van der Waals surface area contributed by atoms with Crippen LogP contribution in [-0.4, -0.2) is 274 Å². The quantitative estimate of drug-likeness (QED) is 0.0193. The first-order valence-corrected chi connectivity index (χ1v) is 36.8. The zero-order chi connectivity index (χ0) is 116. The summed E-state index contributed by atoms with van der Waals surface area (Å²) in [6, 6.07) is -4.78. The third kappa shape index (κ3) is 21.4. The van der Waals surface area contributed by atoms with E-state index in [4.69, 9.17) is 0 Å². The van der Waals surface area contributed by atoms with Gasteiger partial charge in [0.25, 0.3) is 17.0 Å². The normalized spacial score (nSPS) is 18.5. The second-order valence-corrected chi connectivity index (χ2v) is 32.2. The van der Waals surface area contributed by atoms with Crippen molar-refractivity contribution in [3.8, 4) is 0 Å². The molecule has 6 atom stereocenters. The van der Waals surface area contributed by atoms with Crippen LogP contribution in [0.5, 0.6) is 0 Å². The summed E-state index contributed by atoms with van der Waals surface area (Å²) in [7, 11) is -9.59. The second-order valence-electron chi connectivity index (χ2n) is 29.4. The minimum Gasteiger partial charge on any atom is -0.462 e. The van der Waals surface area contributed by atoms with E-state index in [-0.39, 0.29) is 20.8 Å². The smallest absolute Gasteiger partial charge is 0.462 e. The summed E-state index contributed by atoms with van der Waals surface area (Å²) < 4.78 is 1080. The molecule has 0 aromatic carbocycles. The lowest BCUT2D eigenvalue weighted by Gasteiger charge is -2.49. The molecule has 848 valence electrons. The summed E-state index contributed by atoms with van der Waals surface area (Å²) in [6.45, 7) is -15.7. The predicted octanol–water partition coefficient (Wildman–Crippen LogP) is 27.6. The lowest BCUT2D eigenvalue weighted by Crippen LogP contribution is -2.81. The monoisotopic (exact) mass is 2310 g/mol. The number of ether oxygens (including phenoxy) is 3. The molecule has 0 rings (SSSR count). The zero-order valence-corrected chi connectivity index (χ0v) is 68.2. The topological polar surface area (TPSA) is 107 Å². The Hall–Kier alpha value is -7.24. The highest BCUT2D eigenvalue weighted by molar-refractivity contribution is 6.60. The van der Waals surface area contributed by atoms with Crippen molar-refractivity contribution in [1.82, 2.24) is 0 Å². The Kier molecular flexibility index (Phi) is 37.3. The highest BCUT2D eigenvalue weighted by Gasteiger charge is 3.04. The number of hydrogen-bond acceptors (Lipinski definition) is 9. The molecule has 81 heteroatoms. The minimum atomic E-state index is -10.6. The van der Waals surface area contributed by atoms with E-state index >= 15 is 202 Å². The van der Waals surface area contributed by atoms with Gasteiger partial charge in [-0.2, -0.15) is 285 Å². The van der Waals surface area contributed by atoms with Crippen molar-refractivity contribution in [3.63, 3.8) is 0 Å². The minimum absolute atomic E-state index is 0.258. The van der Waals surface area contributed by atoms with Gasteiger partial charge in [-0.1, -0.05) is 19.7 Å². The van der Waals surface area contributed by atoms with Gasteiger partial charge in [0.05, 0.1) is 19.8 Å². The first kappa shape index (κ1) is 136. The van der Waals surface area contributed by atoms with Crippen LogP contribution in [0, 0.1) is 0 Å². The Morgan fingerprint density at radius 3 is 0.517 bits per heavy atom. The largest absolute Gasteiger partial charge is 0.501 e. The van der Waals surface area contributed by atoms with Crippen LogP contribution in [0.25, 0.3) is 0 Å². The van der Waals surface area contributed by atoms with Crippen molar-refractivity contribution in [2.24, 2.45) is 0 Å². The summed E-state index contributed by atoms with van der Waals surface area (Å²) in [6.07, 6.45) is -101. The van der Waals surface area contributed by atoms with Crippen LogP contribution in [0.3, 0.4) is 0 Å². The highest BCUT2D eigenvalue weighted by atomic mass is 28.4. The van der Waals surface area contributed by atoms with Gasteiger partial charge in [0.1, 0.15) is 6.42 Å². The maximum Gasteiger partial charge on any atom is 0.501 e. The van der Waals surface area contributed by atoms with Crippen LogP contribution >= 0.6 is 0 Å². The molecular weight excluding hydrogens is 2270 g/mol. The van der Waals surface area contributed by atoms with Crippen LogP contribution < -0.4 is 0 Å². The SMILES string of the molecule is C=C(C)C(=O)OCCC(F)(C(F)(F)F)C(F)(F)C(F)(C(F)(F)F)C(F)(F)C(F)(F)C(F)(F)C(F)(F)C(F)(F)CCO[Si](CCC(F)(F)C(F)(F)C(F)(F)C(F)(F)CC(F)(F)F)(OCCC(F)(F)C(F)(F)C(F)(F)C(F)(F)C(F)(F)C(F)(C(F)(F)F)C(F)(F)C(F)(CCOC(=O)C(=C)C)C(F)(F)F)OCCC(F)(F)C(F)(F)C(F)(F)C(F)(F)C(F)(F)C(F)(C(F)(F)F)C(F)(F)C(F)(CCOC(=O)C(=C)C)C(F)(F)F. The Bertz CT molecular complexity index is 4050. The third-order valence-electron chi connectivity index (χ3n) is 19.3. The van der Waals surface area contributed by atoms with E-state index < -0.39 is 348 Å². The number of rotatable bonds is 52. The van der Waals surface area contributed by atoms with Crippen molar-refractivity contribution in [3.05, 3.63) is 36.5 Å². The van der Waals surface area contributed by atoms with Crippen molar-refractivity contribution in [2.45, 2.75) is 286 Å². The summed E-state index contributed by atoms with van der Waals surface area (Å²) in [5.41, 5.74) is -60.2. The van der Waals surface area contributed by atoms with Gasteiger partial charge in [0, 0.05) is 87.5 Å². The number of halogens is 71. The maximum atomic E-state index is 15.7. The first-order chi connectivity index (χ1) is 61.5. The van der Waals surface area contributed by atoms with E-state index in [9.17, 15) is 124 Å². The zero-order valence-electron chi connectivity index (χ0n) is 67.2. The van der Waals surface area contributed by atoms with Gasteiger partial charge in [-0.3, -0.25) is 0 Å². The fourth-order valence-corrected chi connectivity index (χ4v) is 13.3. The maximum absolute atomic E-state index is 15.7. The molecule has 0 saturated carbocycles. The molecule has 0 aliphatic heterocycles. The fourth-order valence-electron chi connectivity index (χ4n) is 10.8. The summed E-state index contributed by atoms with van der Waals surface area (Å²) in [5.74, 6) is -222. The van der Waals surface area contributed by atoms with Crippen molar-refractivity contribution >= 4 is 26.7 Å². The van der Waals surface area contributed by atoms with Crippen LogP contribution in [0.1, 0.15) is 72.1 Å². The molecule has 0 aliphatic carbocycles. The molecule has 0 amide bonds. The van der Waals surface area contributed by atoms with Crippen molar-refractivity contribution < 1.29 is 354 Å². The molecule has 0 aromatic rings. The van der Waals surface area contributed by atoms with Crippen molar-refractivity contribution in [2.75, 3.05) is 39.6 Å². The molecule has 0 fully saturated rings. The Balaban J connectivity index is 10.4. The van der Waals surface area contributed by atoms with Gasteiger partial charge in [0.15, 0.2) is 0 Å². The Labute approximate surface area is 742 Å². The predicted molar refractivity (Wildman–Crippen MR) is 317 cm³/mol. The van der Waals surface area contributed by atoms with Crippen LogP contribution in [0.15, 0.2) is 36.5 Å². The van der Waals surface area contributed by atoms with E-state index in [0.717, 1.165) is 0 Å².